The lowest BCUT2D eigenvalue weighted by Crippen LogP contribution is -1.95. The van der Waals surface area contributed by atoms with Crippen molar-refractivity contribution in [3.05, 3.63) is 40.1 Å². The van der Waals surface area contributed by atoms with E-state index in [0.29, 0.717) is 12.0 Å². The molecule has 0 atom stereocenters. The summed E-state index contributed by atoms with van der Waals surface area (Å²) < 4.78 is 2.62. The Labute approximate surface area is 95.0 Å². The van der Waals surface area contributed by atoms with E-state index in [9.17, 15) is 4.79 Å². The highest BCUT2D eigenvalue weighted by molar-refractivity contribution is 9.10. The predicted octanol–water partition coefficient (Wildman–Crippen LogP) is 2.15. The number of rotatable bonds is 2. The molecule has 76 valence electrons. The van der Waals surface area contributed by atoms with Gasteiger partial charge in [-0.15, -0.1) is 5.10 Å². The molecule has 1 heterocycles. The van der Waals surface area contributed by atoms with Crippen LogP contribution in [0.25, 0.3) is 5.69 Å². The third-order valence-electron chi connectivity index (χ3n) is 2.04. The van der Waals surface area contributed by atoms with Crippen LogP contribution in [-0.2, 0) is 0 Å². The zero-order valence-corrected chi connectivity index (χ0v) is 9.60. The summed E-state index contributed by atoms with van der Waals surface area (Å²) in [6, 6.07) is 5.81. The molecule has 1 aromatic heterocycles. The average molecular weight is 266 g/mol. The van der Waals surface area contributed by atoms with Crippen LogP contribution in [-0.4, -0.2) is 21.3 Å². The van der Waals surface area contributed by atoms with Gasteiger partial charge in [-0.1, -0.05) is 21.1 Å². The summed E-state index contributed by atoms with van der Waals surface area (Å²) in [5.74, 6) is 0. The predicted molar refractivity (Wildman–Crippen MR) is 59.2 cm³/mol. The number of aldehydes is 1. The molecule has 2 aromatic rings. The molecule has 0 saturated heterocycles. The van der Waals surface area contributed by atoms with Crippen LogP contribution < -0.4 is 0 Å². The Kier molecular flexibility index (Phi) is 2.64. The lowest BCUT2D eigenvalue weighted by Gasteiger charge is -2.02. The normalized spacial score (nSPS) is 10.3. The molecule has 4 nitrogen and oxygen atoms in total. The van der Waals surface area contributed by atoms with Crippen molar-refractivity contribution in [2.24, 2.45) is 0 Å². The van der Waals surface area contributed by atoms with Crippen LogP contribution in [0.15, 0.2) is 28.9 Å². The second-order valence-electron chi connectivity index (χ2n) is 3.14. The van der Waals surface area contributed by atoms with Gasteiger partial charge in [0.25, 0.3) is 0 Å². The summed E-state index contributed by atoms with van der Waals surface area (Å²) in [5, 5.41) is 7.54. The second-order valence-corrected chi connectivity index (χ2v) is 3.99. The van der Waals surface area contributed by atoms with Gasteiger partial charge in [-0.25, -0.2) is 4.68 Å². The van der Waals surface area contributed by atoms with Gasteiger partial charge in [-0.3, -0.25) is 4.79 Å². The first-order valence-electron chi connectivity index (χ1n) is 4.35. The van der Waals surface area contributed by atoms with Gasteiger partial charge >= 0.3 is 0 Å². The first-order chi connectivity index (χ1) is 7.20. The Morgan fingerprint density at radius 2 is 2.27 bits per heavy atom. The molecule has 0 unspecified atom stereocenters. The molecule has 2 rings (SSSR count). The lowest BCUT2D eigenvalue weighted by molar-refractivity contribution is 0.111. The average Bonchev–Trinajstić information content (AvgIpc) is 2.70. The highest BCUT2D eigenvalue weighted by Crippen LogP contribution is 2.18. The van der Waals surface area contributed by atoms with Crippen molar-refractivity contribution in [3.8, 4) is 5.69 Å². The van der Waals surface area contributed by atoms with E-state index in [0.717, 1.165) is 15.7 Å². The molecule has 0 N–H and O–H groups in total. The molecule has 0 aliphatic heterocycles. The number of carbonyl (C=O) groups excluding carboxylic acids is 1. The molecule has 0 spiro atoms. The fourth-order valence-corrected chi connectivity index (χ4v) is 1.47. The van der Waals surface area contributed by atoms with E-state index >= 15 is 0 Å². The van der Waals surface area contributed by atoms with Gasteiger partial charge < -0.3 is 0 Å². The highest BCUT2D eigenvalue weighted by Gasteiger charge is 2.02. The van der Waals surface area contributed by atoms with Crippen LogP contribution in [0, 0.1) is 6.92 Å². The minimum Gasteiger partial charge on any atom is -0.296 e. The van der Waals surface area contributed by atoms with E-state index in [2.05, 4.69) is 26.2 Å². The van der Waals surface area contributed by atoms with Crippen molar-refractivity contribution < 1.29 is 4.79 Å². The van der Waals surface area contributed by atoms with Gasteiger partial charge in [0.1, 0.15) is 5.69 Å². The Balaban J connectivity index is 2.44. The van der Waals surface area contributed by atoms with E-state index in [1.807, 2.05) is 25.1 Å². The Hall–Kier alpha value is -1.49. The molecule has 1 aromatic carbocycles. The van der Waals surface area contributed by atoms with E-state index in [1.165, 1.54) is 0 Å². The summed E-state index contributed by atoms with van der Waals surface area (Å²) >= 11 is 3.42. The molecule has 0 bridgehead atoms. The van der Waals surface area contributed by atoms with E-state index in [1.54, 1.807) is 10.9 Å². The molecule has 0 fully saturated rings. The quantitative estimate of drug-likeness (QED) is 0.782. The smallest absolute Gasteiger partial charge is 0.171 e. The van der Waals surface area contributed by atoms with Crippen LogP contribution in [0.1, 0.15) is 16.1 Å². The highest BCUT2D eigenvalue weighted by atomic mass is 79.9. The van der Waals surface area contributed by atoms with Gasteiger partial charge in [0.2, 0.25) is 0 Å². The maximum atomic E-state index is 10.4. The van der Waals surface area contributed by atoms with E-state index < -0.39 is 0 Å². The van der Waals surface area contributed by atoms with Gasteiger partial charge in [0.15, 0.2) is 6.29 Å². The summed E-state index contributed by atoms with van der Waals surface area (Å²) in [6.07, 6.45) is 2.27. The fraction of sp³-hybridized carbons (Fsp3) is 0.100. The minimum absolute atomic E-state index is 0.329. The topological polar surface area (TPSA) is 47.8 Å². The monoisotopic (exact) mass is 265 g/mol. The molecule has 0 aliphatic rings. The number of hydrogen-bond donors (Lipinski definition) is 0. The summed E-state index contributed by atoms with van der Waals surface area (Å²) in [6.45, 7) is 1.99. The molecule has 0 saturated carbocycles. The number of hydrogen-bond acceptors (Lipinski definition) is 3. The van der Waals surface area contributed by atoms with Crippen molar-refractivity contribution in [1.29, 1.82) is 0 Å². The Morgan fingerprint density at radius 1 is 1.47 bits per heavy atom. The Morgan fingerprint density at radius 3 is 2.87 bits per heavy atom. The zero-order valence-electron chi connectivity index (χ0n) is 8.01. The summed E-state index contributed by atoms with van der Waals surface area (Å²) in [5.41, 5.74) is 2.32. The number of halogens is 1. The number of aryl methyl sites for hydroxylation is 1. The first kappa shape index (κ1) is 10.0. The third kappa shape index (κ3) is 1.97. The zero-order chi connectivity index (χ0) is 10.8. The summed E-state index contributed by atoms with van der Waals surface area (Å²) in [7, 11) is 0. The van der Waals surface area contributed by atoms with Crippen molar-refractivity contribution in [3.63, 3.8) is 0 Å². The van der Waals surface area contributed by atoms with Crippen LogP contribution in [0.4, 0.5) is 0 Å². The van der Waals surface area contributed by atoms with Gasteiger partial charge in [-0.05, 0) is 30.7 Å². The standard InChI is InChI=1S/C10H8BrN3O/c1-7-4-9(2-3-10(7)11)14-5-8(6-15)12-13-14/h2-6H,1H3. The van der Waals surface area contributed by atoms with Crippen molar-refractivity contribution in [2.45, 2.75) is 6.92 Å². The van der Waals surface area contributed by atoms with Crippen molar-refractivity contribution in [1.82, 2.24) is 15.0 Å². The molecule has 0 amide bonds. The number of carbonyl (C=O) groups is 1. The molecule has 0 aliphatic carbocycles. The van der Waals surface area contributed by atoms with Crippen LogP contribution >= 0.6 is 15.9 Å². The van der Waals surface area contributed by atoms with Crippen LogP contribution in [0.3, 0.4) is 0 Å². The Bertz CT molecular complexity index is 507. The largest absolute Gasteiger partial charge is 0.296 e. The van der Waals surface area contributed by atoms with Gasteiger partial charge in [0.05, 0.1) is 11.9 Å². The van der Waals surface area contributed by atoms with Gasteiger partial charge in [-0.2, -0.15) is 0 Å². The first-order valence-corrected chi connectivity index (χ1v) is 5.14. The second kappa shape index (κ2) is 3.94. The molecular formula is C10H8BrN3O. The third-order valence-corrected chi connectivity index (χ3v) is 2.93. The maximum absolute atomic E-state index is 10.4. The molecular weight excluding hydrogens is 258 g/mol. The fourth-order valence-electron chi connectivity index (χ4n) is 1.23. The van der Waals surface area contributed by atoms with E-state index in [-0.39, 0.29) is 0 Å². The van der Waals surface area contributed by atoms with Crippen LogP contribution in [0.5, 0.6) is 0 Å². The molecule has 5 heteroatoms. The van der Waals surface area contributed by atoms with Crippen molar-refractivity contribution >= 4 is 22.2 Å². The number of benzene rings is 1. The maximum Gasteiger partial charge on any atom is 0.171 e. The molecule has 0 radical (unpaired) electrons. The van der Waals surface area contributed by atoms with Gasteiger partial charge in [0, 0.05) is 4.47 Å². The van der Waals surface area contributed by atoms with Crippen molar-refractivity contribution in [2.75, 3.05) is 0 Å². The van der Waals surface area contributed by atoms with E-state index in [4.69, 9.17) is 0 Å². The SMILES string of the molecule is Cc1cc(-n2cc(C=O)nn2)ccc1Br. The number of aromatic nitrogens is 3. The minimum atomic E-state index is 0.329. The molecule has 15 heavy (non-hydrogen) atoms. The van der Waals surface area contributed by atoms with Crippen LogP contribution in [0.2, 0.25) is 0 Å². The number of nitrogens with zero attached hydrogens (tertiary/aromatic N) is 3. The summed E-state index contributed by atoms with van der Waals surface area (Å²) in [4.78, 5) is 10.4. The lowest BCUT2D eigenvalue weighted by atomic mass is 10.2.